The highest BCUT2D eigenvalue weighted by Crippen LogP contribution is 2.28. The van der Waals surface area contributed by atoms with E-state index in [1.807, 2.05) is 11.8 Å². The Morgan fingerprint density at radius 3 is 2.39 bits per heavy atom. The number of amides is 1. The van der Waals surface area contributed by atoms with Crippen molar-refractivity contribution in [1.82, 2.24) is 19.4 Å². The van der Waals surface area contributed by atoms with E-state index in [9.17, 15) is 9.59 Å². The van der Waals surface area contributed by atoms with Gasteiger partial charge in [-0.1, -0.05) is 11.6 Å². The molecule has 1 unspecified atom stereocenters. The number of nitrogens with zero attached hydrogens (tertiary/aromatic N) is 4. The van der Waals surface area contributed by atoms with Crippen molar-refractivity contribution >= 4 is 28.4 Å². The van der Waals surface area contributed by atoms with E-state index in [1.54, 1.807) is 62.2 Å². The molecule has 174 valence electrons. The van der Waals surface area contributed by atoms with Crippen LogP contribution in [0.5, 0.6) is 11.5 Å². The average molecular weight is 471 g/mol. The summed E-state index contributed by atoms with van der Waals surface area (Å²) in [7, 11) is 4.85. The van der Waals surface area contributed by atoms with Crippen LogP contribution in [0.1, 0.15) is 29.1 Å². The summed E-state index contributed by atoms with van der Waals surface area (Å²) in [5, 5.41) is 1.02. The first-order valence-electron chi connectivity index (χ1n) is 10.8. The van der Waals surface area contributed by atoms with E-state index >= 15 is 0 Å². The number of carbonyl (C=O) groups is 1. The average Bonchev–Trinajstić information content (AvgIpc) is 2.85. The maximum absolute atomic E-state index is 13.0. The highest BCUT2D eigenvalue weighted by Gasteiger charge is 2.28. The van der Waals surface area contributed by atoms with Crippen molar-refractivity contribution in [2.24, 2.45) is 7.05 Å². The third-order valence-electron chi connectivity index (χ3n) is 6.23. The van der Waals surface area contributed by atoms with Gasteiger partial charge in [0, 0.05) is 43.8 Å². The van der Waals surface area contributed by atoms with Gasteiger partial charge in [0.15, 0.2) is 11.5 Å². The number of hydrogen-bond donors (Lipinski definition) is 0. The van der Waals surface area contributed by atoms with Gasteiger partial charge in [0.25, 0.3) is 11.5 Å². The Morgan fingerprint density at radius 2 is 1.73 bits per heavy atom. The summed E-state index contributed by atoms with van der Waals surface area (Å²) in [5.41, 5.74) is 1.07. The Morgan fingerprint density at radius 1 is 1.03 bits per heavy atom. The minimum atomic E-state index is -0.119. The number of methoxy groups -OCH3 is 2. The highest BCUT2D eigenvalue weighted by atomic mass is 35.5. The van der Waals surface area contributed by atoms with Gasteiger partial charge in [-0.15, -0.1) is 0 Å². The summed E-state index contributed by atoms with van der Waals surface area (Å²) in [4.78, 5) is 34.7. The van der Waals surface area contributed by atoms with Crippen LogP contribution in [0.15, 0.2) is 41.2 Å². The van der Waals surface area contributed by atoms with E-state index in [-0.39, 0.29) is 17.5 Å². The zero-order valence-electron chi connectivity index (χ0n) is 19.2. The largest absolute Gasteiger partial charge is 0.493 e. The van der Waals surface area contributed by atoms with Gasteiger partial charge in [0.05, 0.1) is 31.2 Å². The van der Waals surface area contributed by atoms with E-state index < -0.39 is 0 Å². The molecule has 8 nitrogen and oxygen atoms in total. The normalized spacial score (nSPS) is 15.5. The lowest BCUT2D eigenvalue weighted by atomic mass is 10.1. The number of halogens is 1. The molecule has 0 saturated carbocycles. The number of carbonyl (C=O) groups excluding carboxylic acids is 1. The predicted octanol–water partition coefficient (Wildman–Crippen LogP) is 3.12. The van der Waals surface area contributed by atoms with Gasteiger partial charge in [0.1, 0.15) is 5.82 Å². The zero-order chi connectivity index (χ0) is 23.7. The Bertz CT molecular complexity index is 1250. The number of piperazine rings is 1. The van der Waals surface area contributed by atoms with Crippen molar-refractivity contribution in [2.75, 3.05) is 40.4 Å². The molecule has 1 aromatic heterocycles. The van der Waals surface area contributed by atoms with Gasteiger partial charge < -0.3 is 14.4 Å². The van der Waals surface area contributed by atoms with E-state index in [2.05, 4.69) is 4.90 Å². The van der Waals surface area contributed by atoms with Gasteiger partial charge in [-0.25, -0.2) is 4.98 Å². The van der Waals surface area contributed by atoms with Crippen LogP contribution < -0.4 is 15.0 Å². The number of hydrogen-bond acceptors (Lipinski definition) is 6. The first kappa shape index (κ1) is 23.1. The Hall–Kier alpha value is -3.10. The molecule has 1 amide bonds. The maximum atomic E-state index is 13.0. The van der Waals surface area contributed by atoms with Crippen molar-refractivity contribution in [3.8, 4) is 11.5 Å². The van der Waals surface area contributed by atoms with Gasteiger partial charge in [0.2, 0.25) is 0 Å². The van der Waals surface area contributed by atoms with Gasteiger partial charge >= 0.3 is 0 Å². The third-order valence-corrected chi connectivity index (χ3v) is 6.46. The minimum Gasteiger partial charge on any atom is -0.493 e. The second-order valence-electron chi connectivity index (χ2n) is 8.07. The molecule has 1 saturated heterocycles. The number of aromatic nitrogens is 2. The molecular formula is C24H27ClN4O4. The Labute approximate surface area is 197 Å². The van der Waals surface area contributed by atoms with Crippen LogP contribution in [0.25, 0.3) is 10.9 Å². The van der Waals surface area contributed by atoms with E-state index in [4.69, 9.17) is 26.1 Å². The van der Waals surface area contributed by atoms with Crippen LogP contribution in [-0.4, -0.2) is 65.7 Å². The maximum Gasteiger partial charge on any atom is 0.261 e. The predicted molar refractivity (Wildman–Crippen MR) is 127 cm³/mol. The molecule has 1 aliphatic heterocycles. The van der Waals surface area contributed by atoms with Crippen molar-refractivity contribution < 1.29 is 14.3 Å². The first-order valence-corrected chi connectivity index (χ1v) is 11.1. The van der Waals surface area contributed by atoms with Crippen molar-refractivity contribution in [1.29, 1.82) is 0 Å². The number of rotatable bonds is 5. The molecule has 1 aliphatic rings. The van der Waals surface area contributed by atoms with Gasteiger partial charge in [-0.3, -0.25) is 19.1 Å². The lowest BCUT2D eigenvalue weighted by Crippen LogP contribution is -2.49. The minimum absolute atomic E-state index is 0.0450. The summed E-state index contributed by atoms with van der Waals surface area (Å²) in [6.07, 6.45) is 0. The molecule has 0 aliphatic carbocycles. The summed E-state index contributed by atoms with van der Waals surface area (Å²) in [6, 6.07) is 10.3. The molecule has 0 N–H and O–H groups in total. The van der Waals surface area contributed by atoms with Crippen molar-refractivity contribution in [3.05, 3.63) is 63.2 Å². The van der Waals surface area contributed by atoms with Crippen molar-refractivity contribution in [2.45, 2.75) is 13.0 Å². The van der Waals surface area contributed by atoms with E-state index in [0.29, 0.717) is 65.0 Å². The second-order valence-corrected chi connectivity index (χ2v) is 8.51. The summed E-state index contributed by atoms with van der Waals surface area (Å²) >= 11 is 6.05. The van der Waals surface area contributed by atoms with Crippen LogP contribution in [-0.2, 0) is 7.05 Å². The second kappa shape index (κ2) is 9.41. The fraction of sp³-hybridized carbons (Fsp3) is 0.375. The van der Waals surface area contributed by atoms with Crippen LogP contribution >= 0.6 is 11.6 Å². The quantitative estimate of drug-likeness (QED) is 0.570. The van der Waals surface area contributed by atoms with Crippen LogP contribution in [0, 0.1) is 0 Å². The molecule has 2 heterocycles. The number of fused-ring (bicyclic) bond motifs is 1. The fourth-order valence-electron chi connectivity index (χ4n) is 4.26. The zero-order valence-corrected chi connectivity index (χ0v) is 19.9. The standard InChI is InChI=1S/C24H27ClN4O4/c1-15(22-26-19-7-6-17(25)14-18(19)24(31)27(22)2)28-9-11-29(12-10-28)23(30)16-5-8-20(32-3)21(13-16)33-4/h5-8,13-15H,9-12H2,1-4H3. The lowest BCUT2D eigenvalue weighted by Gasteiger charge is -2.38. The van der Waals surface area contributed by atoms with Gasteiger partial charge in [-0.05, 0) is 43.3 Å². The smallest absolute Gasteiger partial charge is 0.261 e. The Balaban J connectivity index is 1.49. The molecular weight excluding hydrogens is 444 g/mol. The molecule has 3 aromatic rings. The number of benzene rings is 2. The molecule has 1 fully saturated rings. The SMILES string of the molecule is COc1ccc(C(=O)N2CCN(C(C)c3nc4ccc(Cl)cc4c(=O)n3C)CC2)cc1OC. The molecule has 1 atom stereocenters. The summed E-state index contributed by atoms with van der Waals surface area (Å²) < 4.78 is 12.2. The fourth-order valence-corrected chi connectivity index (χ4v) is 4.43. The molecule has 9 heteroatoms. The summed E-state index contributed by atoms with van der Waals surface area (Å²) in [6.45, 7) is 4.54. The van der Waals surface area contributed by atoms with Gasteiger partial charge in [-0.2, -0.15) is 0 Å². The lowest BCUT2D eigenvalue weighted by molar-refractivity contribution is 0.0571. The van der Waals surface area contributed by atoms with Crippen LogP contribution in [0.2, 0.25) is 5.02 Å². The molecule has 4 rings (SSSR count). The van der Waals surface area contributed by atoms with Crippen LogP contribution in [0.3, 0.4) is 0 Å². The molecule has 33 heavy (non-hydrogen) atoms. The van der Waals surface area contributed by atoms with Crippen LogP contribution in [0.4, 0.5) is 0 Å². The molecule has 0 spiro atoms. The first-order chi connectivity index (χ1) is 15.8. The Kier molecular flexibility index (Phi) is 6.58. The highest BCUT2D eigenvalue weighted by molar-refractivity contribution is 6.31. The number of ether oxygens (including phenoxy) is 2. The molecule has 2 aromatic carbocycles. The third kappa shape index (κ3) is 4.41. The van der Waals surface area contributed by atoms with Crippen molar-refractivity contribution in [3.63, 3.8) is 0 Å². The molecule has 0 bridgehead atoms. The summed E-state index contributed by atoms with van der Waals surface area (Å²) in [5.74, 6) is 1.76. The van der Waals surface area contributed by atoms with E-state index in [0.717, 1.165) is 0 Å². The molecule has 0 radical (unpaired) electrons. The topological polar surface area (TPSA) is 76.9 Å². The van der Waals surface area contributed by atoms with E-state index in [1.165, 1.54) is 0 Å². The monoisotopic (exact) mass is 470 g/mol.